The van der Waals surface area contributed by atoms with Crippen molar-refractivity contribution in [3.63, 3.8) is 0 Å². The maximum atomic E-state index is 3.42. The van der Waals surface area contributed by atoms with Gasteiger partial charge in [-0.05, 0) is 31.6 Å². The summed E-state index contributed by atoms with van der Waals surface area (Å²) in [5, 5.41) is 3.42. The molecule has 1 aliphatic rings. The van der Waals surface area contributed by atoms with Crippen molar-refractivity contribution in [2.75, 3.05) is 46.8 Å². The van der Waals surface area contributed by atoms with E-state index < -0.39 is 0 Å². The van der Waals surface area contributed by atoms with Crippen LogP contribution in [0.5, 0.6) is 0 Å². The first-order valence-electron chi connectivity index (χ1n) is 7.23. The zero-order chi connectivity index (χ0) is 13.9. The van der Waals surface area contributed by atoms with Crippen molar-refractivity contribution in [1.82, 2.24) is 20.1 Å². The first-order chi connectivity index (χ1) is 9.00. The molecule has 1 fully saturated rings. The number of aromatic nitrogens is 1. The molecule has 1 aromatic rings. The molecule has 4 heteroatoms. The van der Waals surface area contributed by atoms with Crippen molar-refractivity contribution in [2.45, 2.75) is 19.9 Å². The van der Waals surface area contributed by atoms with E-state index in [0.717, 1.165) is 32.7 Å². The lowest BCUT2D eigenvalue weighted by Gasteiger charge is -2.42. The normalized spacial score (nSPS) is 19.8. The molecule has 0 radical (unpaired) electrons. The van der Waals surface area contributed by atoms with Crippen molar-refractivity contribution < 1.29 is 0 Å². The van der Waals surface area contributed by atoms with Gasteiger partial charge in [-0.2, -0.15) is 0 Å². The summed E-state index contributed by atoms with van der Waals surface area (Å²) in [6.45, 7) is 10.4. The minimum absolute atomic E-state index is 0.214. The summed E-state index contributed by atoms with van der Waals surface area (Å²) in [6, 6.07) is 4.70. The Labute approximate surface area is 117 Å². The third-order valence-corrected chi connectivity index (χ3v) is 4.01. The second-order valence-corrected chi connectivity index (χ2v) is 6.51. The van der Waals surface area contributed by atoms with Crippen LogP contribution in [0, 0.1) is 5.41 Å². The predicted octanol–water partition coefficient (Wildman–Crippen LogP) is 1.55. The molecule has 19 heavy (non-hydrogen) atoms. The van der Waals surface area contributed by atoms with Crippen molar-refractivity contribution >= 4 is 0 Å². The maximum Gasteiger partial charge on any atom is 0.0557 e. The first-order valence-corrected chi connectivity index (χ1v) is 7.23. The zero-order valence-corrected chi connectivity index (χ0v) is 12.7. The van der Waals surface area contributed by atoms with E-state index in [-0.39, 0.29) is 5.41 Å². The molecule has 0 aliphatic carbocycles. The van der Waals surface area contributed by atoms with E-state index in [1.807, 2.05) is 6.20 Å². The molecule has 0 aromatic carbocycles. The molecular formula is C15H28N4. The quantitative estimate of drug-likeness (QED) is 0.847. The fourth-order valence-electron chi connectivity index (χ4n) is 3.44. The molecule has 1 atom stereocenters. The topological polar surface area (TPSA) is 34.3 Å². The molecule has 1 saturated heterocycles. The Balaban J connectivity index is 2.10. The summed E-state index contributed by atoms with van der Waals surface area (Å²) in [4.78, 5) is 8.30. The number of hydrogen-bond donors (Lipinski definition) is 2. The lowest BCUT2D eigenvalue weighted by atomic mass is 9.81. The Morgan fingerprint density at radius 1 is 1.32 bits per heavy atom. The average Bonchev–Trinajstić information content (AvgIpc) is 2.82. The van der Waals surface area contributed by atoms with Gasteiger partial charge in [0.05, 0.1) is 6.04 Å². The Morgan fingerprint density at radius 2 is 2.00 bits per heavy atom. The van der Waals surface area contributed by atoms with Gasteiger partial charge in [0.2, 0.25) is 0 Å². The largest absolute Gasteiger partial charge is 0.364 e. The monoisotopic (exact) mass is 264 g/mol. The van der Waals surface area contributed by atoms with E-state index in [9.17, 15) is 0 Å². The van der Waals surface area contributed by atoms with Gasteiger partial charge < -0.3 is 20.1 Å². The first kappa shape index (κ1) is 14.6. The Bertz CT molecular complexity index is 364. The average molecular weight is 264 g/mol. The smallest absolute Gasteiger partial charge is 0.0557 e. The van der Waals surface area contributed by atoms with Gasteiger partial charge in [0.15, 0.2) is 0 Å². The Morgan fingerprint density at radius 3 is 2.53 bits per heavy atom. The van der Waals surface area contributed by atoms with Gasteiger partial charge in [-0.3, -0.25) is 0 Å². The fourth-order valence-corrected chi connectivity index (χ4v) is 3.44. The SMILES string of the molecule is CN(C)C(c1ccc[nH]1)C(C)(C)CN1CCNCC1. The van der Waals surface area contributed by atoms with Crippen LogP contribution in [-0.4, -0.2) is 61.6 Å². The van der Waals surface area contributed by atoms with E-state index >= 15 is 0 Å². The summed E-state index contributed by atoms with van der Waals surface area (Å²) in [7, 11) is 4.34. The van der Waals surface area contributed by atoms with Gasteiger partial charge >= 0.3 is 0 Å². The number of hydrogen-bond acceptors (Lipinski definition) is 3. The van der Waals surface area contributed by atoms with Crippen molar-refractivity contribution in [3.05, 3.63) is 24.0 Å². The molecular weight excluding hydrogens is 236 g/mol. The summed E-state index contributed by atoms with van der Waals surface area (Å²) < 4.78 is 0. The lowest BCUT2D eigenvalue weighted by molar-refractivity contribution is 0.0748. The van der Waals surface area contributed by atoms with Crippen molar-refractivity contribution in [1.29, 1.82) is 0 Å². The van der Waals surface area contributed by atoms with Crippen LogP contribution < -0.4 is 5.32 Å². The molecule has 1 unspecified atom stereocenters. The van der Waals surface area contributed by atoms with Crippen LogP contribution in [-0.2, 0) is 0 Å². The highest BCUT2D eigenvalue weighted by atomic mass is 15.2. The molecule has 4 nitrogen and oxygen atoms in total. The third kappa shape index (κ3) is 3.59. The van der Waals surface area contributed by atoms with Crippen LogP contribution in [0.15, 0.2) is 18.3 Å². The van der Waals surface area contributed by atoms with Gasteiger partial charge in [-0.15, -0.1) is 0 Å². The number of rotatable bonds is 5. The molecule has 2 heterocycles. The van der Waals surface area contributed by atoms with E-state index in [1.165, 1.54) is 5.69 Å². The summed E-state index contributed by atoms with van der Waals surface area (Å²) >= 11 is 0. The molecule has 0 bridgehead atoms. The minimum Gasteiger partial charge on any atom is -0.364 e. The van der Waals surface area contributed by atoms with Crippen LogP contribution in [0.2, 0.25) is 0 Å². The summed E-state index contributed by atoms with van der Waals surface area (Å²) in [6.07, 6.45) is 2.02. The van der Waals surface area contributed by atoms with Gasteiger partial charge in [0, 0.05) is 44.6 Å². The van der Waals surface area contributed by atoms with Crippen LogP contribution in [0.1, 0.15) is 25.6 Å². The molecule has 0 saturated carbocycles. The molecule has 1 aliphatic heterocycles. The second kappa shape index (κ2) is 6.07. The number of aromatic amines is 1. The van der Waals surface area contributed by atoms with E-state index in [4.69, 9.17) is 0 Å². The van der Waals surface area contributed by atoms with E-state index in [1.54, 1.807) is 0 Å². The van der Waals surface area contributed by atoms with Gasteiger partial charge in [-0.25, -0.2) is 0 Å². The molecule has 1 aromatic heterocycles. The summed E-state index contributed by atoms with van der Waals surface area (Å²) in [5.41, 5.74) is 1.52. The van der Waals surface area contributed by atoms with Crippen LogP contribution in [0.4, 0.5) is 0 Å². The fraction of sp³-hybridized carbons (Fsp3) is 0.733. The highest BCUT2D eigenvalue weighted by Gasteiger charge is 2.35. The van der Waals surface area contributed by atoms with Gasteiger partial charge in [-0.1, -0.05) is 13.8 Å². The predicted molar refractivity (Wildman–Crippen MR) is 80.3 cm³/mol. The number of nitrogens with zero attached hydrogens (tertiary/aromatic N) is 2. The zero-order valence-electron chi connectivity index (χ0n) is 12.7. The number of piperazine rings is 1. The van der Waals surface area contributed by atoms with Crippen LogP contribution >= 0.6 is 0 Å². The van der Waals surface area contributed by atoms with Gasteiger partial charge in [0.25, 0.3) is 0 Å². The Kier molecular flexibility index (Phi) is 4.66. The Hall–Kier alpha value is -0.840. The van der Waals surface area contributed by atoms with Crippen molar-refractivity contribution in [2.24, 2.45) is 5.41 Å². The number of H-pyrrole nitrogens is 1. The van der Waals surface area contributed by atoms with Gasteiger partial charge in [0.1, 0.15) is 0 Å². The molecule has 2 N–H and O–H groups in total. The minimum atomic E-state index is 0.214. The second-order valence-electron chi connectivity index (χ2n) is 6.51. The third-order valence-electron chi connectivity index (χ3n) is 4.01. The van der Waals surface area contributed by atoms with E-state index in [2.05, 4.69) is 60.2 Å². The molecule has 0 spiro atoms. The van der Waals surface area contributed by atoms with E-state index in [0.29, 0.717) is 6.04 Å². The highest BCUT2D eigenvalue weighted by Crippen LogP contribution is 2.37. The number of nitrogens with one attached hydrogen (secondary N) is 2. The van der Waals surface area contributed by atoms with Crippen molar-refractivity contribution in [3.8, 4) is 0 Å². The lowest BCUT2D eigenvalue weighted by Crippen LogP contribution is -2.49. The molecule has 0 amide bonds. The highest BCUT2D eigenvalue weighted by molar-refractivity contribution is 5.13. The standard InChI is InChI=1S/C15H28N4/c1-15(2,12-19-10-8-16-9-11-19)14(18(3)4)13-6-5-7-17-13/h5-7,14,16-17H,8-12H2,1-4H3. The van der Waals surface area contributed by atoms with Crippen LogP contribution in [0.25, 0.3) is 0 Å². The molecule has 108 valence electrons. The molecule has 2 rings (SSSR count). The van der Waals surface area contributed by atoms with Crippen LogP contribution in [0.3, 0.4) is 0 Å². The summed E-state index contributed by atoms with van der Waals surface area (Å²) in [5.74, 6) is 0. The maximum absolute atomic E-state index is 3.42.